The van der Waals surface area contributed by atoms with Crippen LogP contribution in [0.25, 0.3) is 16.8 Å². The highest BCUT2D eigenvalue weighted by atomic mass is 35.5. The lowest BCUT2D eigenvalue weighted by Crippen LogP contribution is -1.97. The molecule has 6 nitrogen and oxygen atoms in total. The molecule has 0 bridgehead atoms. The Morgan fingerprint density at radius 1 is 1.15 bits per heavy atom. The summed E-state index contributed by atoms with van der Waals surface area (Å²) in [6.45, 7) is 1.99. The SMILES string of the molecule is Cc1cc(Cl)cc(-c2cccn3nc(Nc4ccc(C(=O)O)cc4)nc23)c1. The minimum absolute atomic E-state index is 0.224. The zero-order valence-electron chi connectivity index (χ0n) is 14.3. The maximum absolute atomic E-state index is 11.0. The van der Waals surface area contributed by atoms with Crippen LogP contribution in [-0.2, 0) is 0 Å². The molecule has 0 amide bonds. The minimum Gasteiger partial charge on any atom is -0.478 e. The molecule has 2 N–H and O–H groups in total. The van der Waals surface area contributed by atoms with E-state index < -0.39 is 5.97 Å². The zero-order chi connectivity index (χ0) is 19.0. The summed E-state index contributed by atoms with van der Waals surface area (Å²) in [5.41, 5.74) is 4.58. The van der Waals surface area contributed by atoms with Crippen LogP contribution < -0.4 is 5.32 Å². The van der Waals surface area contributed by atoms with E-state index in [1.54, 1.807) is 16.6 Å². The molecular weight excluding hydrogens is 364 g/mol. The van der Waals surface area contributed by atoms with Crippen LogP contribution in [0.4, 0.5) is 11.6 Å². The number of aryl methyl sites for hydroxylation is 1. The van der Waals surface area contributed by atoms with Gasteiger partial charge in [-0.2, -0.15) is 4.98 Å². The van der Waals surface area contributed by atoms with E-state index in [0.717, 1.165) is 16.7 Å². The lowest BCUT2D eigenvalue weighted by Gasteiger charge is -2.05. The molecule has 0 aliphatic heterocycles. The molecule has 0 unspecified atom stereocenters. The predicted octanol–water partition coefficient (Wildman–Crippen LogP) is 4.80. The van der Waals surface area contributed by atoms with E-state index in [1.165, 1.54) is 12.1 Å². The van der Waals surface area contributed by atoms with Crippen molar-refractivity contribution in [2.24, 2.45) is 0 Å². The molecule has 2 heterocycles. The number of nitrogens with one attached hydrogen (secondary N) is 1. The topological polar surface area (TPSA) is 79.5 Å². The summed E-state index contributed by atoms with van der Waals surface area (Å²) in [5.74, 6) is -0.543. The van der Waals surface area contributed by atoms with Gasteiger partial charge in [-0.05, 0) is 66.6 Å². The summed E-state index contributed by atoms with van der Waals surface area (Å²) >= 11 is 6.20. The van der Waals surface area contributed by atoms with Gasteiger partial charge in [0.15, 0.2) is 5.65 Å². The number of rotatable bonds is 4. The minimum atomic E-state index is -0.964. The summed E-state index contributed by atoms with van der Waals surface area (Å²) in [7, 11) is 0. The van der Waals surface area contributed by atoms with Gasteiger partial charge in [0.1, 0.15) is 0 Å². The lowest BCUT2D eigenvalue weighted by molar-refractivity contribution is 0.0697. The number of carboxylic acid groups (broad SMARTS) is 1. The number of hydrogen-bond donors (Lipinski definition) is 2. The molecule has 2 aromatic carbocycles. The third-order valence-corrected chi connectivity index (χ3v) is 4.32. The fourth-order valence-corrected chi connectivity index (χ4v) is 3.19. The second-order valence-corrected chi connectivity index (χ2v) is 6.59. The van der Waals surface area contributed by atoms with Crippen LogP contribution in [0, 0.1) is 6.92 Å². The fourth-order valence-electron chi connectivity index (χ4n) is 2.90. The first-order chi connectivity index (χ1) is 13.0. The van der Waals surface area contributed by atoms with Crippen molar-refractivity contribution in [1.82, 2.24) is 14.6 Å². The second kappa shape index (κ2) is 6.74. The predicted molar refractivity (Wildman–Crippen MR) is 105 cm³/mol. The highest BCUT2D eigenvalue weighted by molar-refractivity contribution is 6.31. The van der Waals surface area contributed by atoms with Crippen molar-refractivity contribution < 1.29 is 9.90 Å². The van der Waals surface area contributed by atoms with Gasteiger partial charge in [0.25, 0.3) is 0 Å². The number of carbonyl (C=O) groups is 1. The van der Waals surface area contributed by atoms with Gasteiger partial charge in [-0.1, -0.05) is 17.7 Å². The Kier molecular flexibility index (Phi) is 4.25. The summed E-state index contributed by atoms with van der Waals surface area (Å²) in [6, 6.07) is 16.1. The molecule has 0 spiro atoms. The van der Waals surface area contributed by atoms with Crippen LogP contribution in [0.1, 0.15) is 15.9 Å². The molecule has 7 heteroatoms. The first-order valence-electron chi connectivity index (χ1n) is 8.23. The Morgan fingerprint density at radius 2 is 1.93 bits per heavy atom. The van der Waals surface area contributed by atoms with Gasteiger partial charge < -0.3 is 10.4 Å². The van der Waals surface area contributed by atoms with Crippen LogP contribution in [0.3, 0.4) is 0 Å². The van der Waals surface area contributed by atoms with Crippen LogP contribution in [-0.4, -0.2) is 25.7 Å². The van der Waals surface area contributed by atoms with Gasteiger partial charge in [0.2, 0.25) is 5.95 Å². The Hall–Kier alpha value is -3.38. The Balaban J connectivity index is 1.71. The van der Waals surface area contributed by atoms with Crippen LogP contribution >= 0.6 is 11.6 Å². The van der Waals surface area contributed by atoms with Gasteiger partial charge in [-0.15, -0.1) is 5.10 Å². The highest BCUT2D eigenvalue weighted by Gasteiger charge is 2.11. The molecule has 0 saturated heterocycles. The van der Waals surface area contributed by atoms with Crippen molar-refractivity contribution in [2.75, 3.05) is 5.32 Å². The number of carboxylic acids is 1. The van der Waals surface area contributed by atoms with E-state index in [-0.39, 0.29) is 5.56 Å². The van der Waals surface area contributed by atoms with Crippen LogP contribution in [0.2, 0.25) is 5.02 Å². The normalized spacial score (nSPS) is 10.9. The Morgan fingerprint density at radius 3 is 2.63 bits per heavy atom. The quantitative estimate of drug-likeness (QED) is 0.533. The van der Waals surface area contributed by atoms with Crippen molar-refractivity contribution in [3.63, 3.8) is 0 Å². The molecule has 27 heavy (non-hydrogen) atoms. The number of fused-ring (bicyclic) bond motifs is 1. The van der Waals surface area contributed by atoms with E-state index in [0.29, 0.717) is 22.3 Å². The lowest BCUT2D eigenvalue weighted by atomic mass is 10.0. The van der Waals surface area contributed by atoms with Crippen molar-refractivity contribution in [3.05, 3.63) is 76.9 Å². The standard InChI is InChI=1S/C20H15ClN4O2/c1-12-9-14(11-15(21)10-12)17-3-2-8-25-18(17)23-20(24-25)22-16-6-4-13(5-7-16)19(26)27/h2-11H,1H3,(H,22,24)(H,26,27). The van der Waals surface area contributed by atoms with E-state index in [2.05, 4.69) is 15.4 Å². The van der Waals surface area contributed by atoms with E-state index in [1.807, 2.05) is 43.5 Å². The summed E-state index contributed by atoms with van der Waals surface area (Å²) in [4.78, 5) is 15.5. The molecule has 0 fully saturated rings. The molecular formula is C20H15ClN4O2. The number of aromatic nitrogens is 3. The zero-order valence-corrected chi connectivity index (χ0v) is 15.1. The molecule has 0 saturated carbocycles. The third-order valence-electron chi connectivity index (χ3n) is 4.10. The number of aromatic carboxylic acids is 1. The number of pyridine rings is 1. The Bertz CT molecular complexity index is 1130. The molecule has 0 aliphatic carbocycles. The molecule has 0 atom stereocenters. The van der Waals surface area contributed by atoms with Gasteiger partial charge in [0.05, 0.1) is 5.56 Å². The van der Waals surface area contributed by atoms with Gasteiger partial charge >= 0.3 is 5.97 Å². The monoisotopic (exact) mass is 378 g/mol. The maximum atomic E-state index is 11.0. The number of anilines is 2. The molecule has 4 rings (SSSR count). The molecule has 0 radical (unpaired) electrons. The molecule has 4 aromatic rings. The van der Waals surface area contributed by atoms with Crippen molar-refractivity contribution >= 4 is 34.9 Å². The number of hydrogen-bond acceptors (Lipinski definition) is 4. The maximum Gasteiger partial charge on any atom is 0.335 e. The second-order valence-electron chi connectivity index (χ2n) is 6.15. The van der Waals surface area contributed by atoms with E-state index >= 15 is 0 Å². The Labute approximate surface area is 160 Å². The molecule has 2 aromatic heterocycles. The summed E-state index contributed by atoms with van der Waals surface area (Å²) < 4.78 is 1.69. The average Bonchev–Trinajstić information content (AvgIpc) is 3.03. The largest absolute Gasteiger partial charge is 0.478 e. The third kappa shape index (κ3) is 3.47. The van der Waals surface area contributed by atoms with Gasteiger partial charge in [-0.25, -0.2) is 9.31 Å². The average molecular weight is 379 g/mol. The van der Waals surface area contributed by atoms with Crippen molar-refractivity contribution in [2.45, 2.75) is 6.92 Å². The fraction of sp³-hybridized carbons (Fsp3) is 0.0500. The summed E-state index contributed by atoms with van der Waals surface area (Å²) in [6.07, 6.45) is 1.82. The molecule has 134 valence electrons. The first-order valence-corrected chi connectivity index (χ1v) is 8.61. The van der Waals surface area contributed by atoms with Crippen molar-refractivity contribution in [1.29, 1.82) is 0 Å². The van der Waals surface area contributed by atoms with Gasteiger partial charge in [-0.3, -0.25) is 0 Å². The van der Waals surface area contributed by atoms with Gasteiger partial charge in [0, 0.05) is 22.5 Å². The summed E-state index contributed by atoms with van der Waals surface area (Å²) in [5, 5.41) is 17.2. The van der Waals surface area contributed by atoms with Crippen molar-refractivity contribution in [3.8, 4) is 11.1 Å². The smallest absolute Gasteiger partial charge is 0.335 e. The first kappa shape index (κ1) is 17.1. The van der Waals surface area contributed by atoms with Crippen LogP contribution in [0.5, 0.6) is 0 Å². The number of benzene rings is 2. The van der Waals surface area contributed by atoms with E-state index in [9.17, 15) is 4.79 Å². The number of nitrogens with zero attached hydrogens (tertiary/aromatic N) is 3. The highest BCUT2D eigenvalue weighted by Crippen LogP contribution is 2.28. The molecule has 0 aliphatic rings. The van der Waals surface area contributed by atoms with E-state index in [4.69, 9.17) is 16.7 Å². The van der Waals surface area contributed by atoms with Crippen LogP contribution in [0.15, 0.2) is 60.8 Å². The number of halogens is 1.